The van der Waals surface area contributed by atoms with Gasteiger partial charge in [0.25, 0.3) is 5.91 Å². The first-order chi connectivity index (χ1) is 12.8. The lowest BCUT2D eigenvalue weighted by Gasteiger charge is -2.17. The molecule has 2 aromatic carbocycles. The first kappa shape index (κ1) is 18.7. The average Bonchev–Trinajstić information content (AvgIpc) is 3.02. The molecule has 0 aliphatic heterocycles. The Hall–Kier alpha value is -3.08. The fraction of sp³-hybridized carbons (Fsp3) is 0.273. The molecular weight excluding hydrogens is 338 g/mol. The summed E-state index contributed by atoms with van der Waals surface area (Å²) in [6.45, 7) is 6.57. The van der Waals surface area contributed by atoms with Crippen LogP contribution in [0.1, 0.15) is 43.2 Å². The lowest BCUT2D eigenvalue weighted by molar-refractivity contribution is -0.117. The molecule has 0 fully saturated rings. The van der Waals surface area contributed by atoms with Gasteiger partial charge in [-0.15, -0.1) is 0 Å². The highest BCUT2D eigenvalue weighted by atomic mass is 16.2. The van der Waals surface area contributed by atoms with E-state index in [4.69, 9.17) is 0 Å². The molecule has 0 unspecified atom stereocenters. The number of carbonyl (C=O) groups excluding carboxylic acids is 2. The molecule has 0 aliphatic rings. The van der Waals surface area contributed by atoms with Crippen molar-refractivity contribution >= 4 is 28.4 Å². The molecule has 0 aliphatic carbocycles. The number of rotatable bonds is 5. The summed E-state index contributed by atoms with van der Waals surface area (Å²) in [7, 11) is 0. The molecule has 5 heteroatoms. The van der Waals surface area contributed by atoms with E-state index in [-0.39, 0.29) is 17.2 Å². The average molecular weight is 363 g/mol. The highest BCUT2D eigenvalue weighted by molar-refractivity contribution is 6.00. The van der Waals surface area contributed by atoms with Gasteiger partial charge in [0.15, 0.2) is 0 Å². The fourth-order valence-electron chi connectivity index (χ4n) is 2.89. The SMILES string of the molecule is CC(C)(C)CC(=O)Nc1ccc2[nH]c(C(=O)NCc3ccccc3)cc2c1. The number of H-pyrrole nitrogens is 1. The van der Waals surface area contributed by atoms with Gasteiger partial charge < -0.3 is 15.6 Å². The Morgan fingerprint density at radius 3 is 2.44 bits per heavy atom. The highest BCUT2D eigenvalue weighted by Gasteiger charge is 2.16. The van der Waals surface area contributed by atoms with E-state index in [0.717, 1.165) is 22.2 Å². The Bertz CT molecular complexity index is 953. The van der Waals surface area contributed by atoms with Gasteiger partial charge in [0, 0.05) is 29.6 Å². The summed E-state index contributed by atoms with van der Waals surface area (Å²) in [6, 6.07) is 17.2. The van der Waals surface area contributed by atoms with Crippen LogP contribution in [-0.4, -0.2) is 16.8 Å². The van der Waals surface area contributed by atoms with E-state index >= 15 is 0 Å². The number of aromatic amines is 1. The van der Waals surface area contributed by atoms with Crippen LogP contribution >= 0.6 is 0 Å². The van der Waals surface area contributed by atoms with Crippen molar-refractivity contribution in [1.29, 1.82) is 0 Å². The van der Waals surface area contributed by atoms with Crippen LogP contribution in [0.2, 0.25) is 0 Å². The molecular formula is C22H25N3O2. The molecule has 0 radical (unpaired) electrons. The number of fused-ring (bicyclic) bond motifs is 1. The number of hydrogen-bond acceptors (Lipinski definition) is 2. The van der Waals surface area contributed by atoms with Crippen LogP contribution in [0.15, 0.2) is 54.6 Å². The minimum Gasteiger partial charge on any atom is -0.351 e. The van der Waals surface area contributed by atoms with Gasteiger partial charge in [0.05, 0.1) is 0 Å². The second-order valence-electron chi connectivity index (χ2n) is 7.94. The summed E-state index contributed by atoms with van der Waals surface area (Å²) in [5.41, 5.74) is 3.07. The summed E-state index contributed by atoms with van der Waals surface area (Å²) in [4.78, 5) is 27.6. The third kappa shape index (κ3) is 5.20. The predicted molar refractivity (Wildman–Crippen MR) is 109 cm³/mol. The van der Waals surface area contributed by atoms with E-state index in [2.05, 4.69) is 15.6 Å². The van der Waals surface area contributed by atoms with Gasteiger partial charge in [-0.05, 0) is 35.2 Å². The Balaban J connectivity index is 1.68. The molecule has 3 rings (SSSR count). The third-order valence-electron chi connectivity index (χ3n) is 4.14. The van der Waals surface area contributed by atoms with Crippen molar-refractivity contribution in [3.8, 4) is 0 Å². The number of carbonyl (C=O) groups is 2. The van der Waals surface area contributed by atoms with Gasteiger partial charge in [-0.3, -0.25) is 9.59 Å². The summed E-state index contributed by atoms with van der Waals surface area (Å²) in [5.74, 6) is -0.174. The van der Waals surface area contributed by atoms with Crippen LogP contribution in [0.4, 0.5) is 5.69 Å². The van der Waals surface area contributed by atoms with E-state index in [0.29, 0.717) is 18.7 Å². The molecule has 5 nitrogen and oxygen atoms in total. The molecule has 140 valence electrons. The van der Waals surface area contributed by atoms with E-state index < -0.39 is 0 Å². The van der Waals surface area contributed by atoms with Crippen molar-refractivity contribution in [2.24, 2.45) is 5.41 Å². The Morgan fingerprint density at radius 1 is 1.00 bits per heavy atom. The van der Waals surface area contributed by atoms with Crippen molar-refractivity contribution in [2.45, 2.75) is 33.7 Å². The minimum absolute atomic E-state index is 0.0155. The van der Waals surface area contributed by atoms with Crippen molar-refractivity contribution in [3.63, 3.8) is 0 Å². The molecule has 1 heterocycles. The molecule has 2 amide bonds. The number of nitrogens with one attached hydrogen (secondary N) is 3. The van der Waals surface area contributed by atoms with Crippen LogP contribution < -0.4 is 10.6 Å². The molecule has 0 bridgehead atoms. The maximum absolute atomic E-state index is 12.4. The van der Waals surface area contributed by atoms with Crippen LogP contribution in [0.3, 0.4) is 0 Å². The maximum Gasteiger partial charge on any atom is 0.267 e. The molecule has 3 N–H and O–H groups in total. The van der Waals surface area contributed by atoms with Crippen LogP contribution in [0.25, 0.3) is 10.9 Å². The first-order valence-electron chi connectivity index (χ1n) is 9.05. The van der Waals surface area contributed by atoms with Crippen LogP contribution in [0.5, 0.6) is 0 Å². The number of aromatic nitrogens is 1. The van der Waals surface area contributed by atoms with Gasteiger partial charge in [-0.2, -0.15) is 0 Å². The van der Waals surface area contributed by atoms with Crippen LogP contribution in [0, 0.1) is 5.41 Å². The molecule has 1 aromatic heterocycles. The van der Waals surface area contributed by atoms with E-state index in [1.807, 2.05) is 69.3 Å². The monoisotopic (exact) mass is 363 g/mol. The van der Waals surface area contributed by atoms with Crippen molar-refractivity contribution < 1.29 is 9.59 Å². The van der Waals surface area contributed by atoms with E-state index in [1.54, 1.807) is 6.07 Å². The Kier molecular flexibility index (Phi) is 5.31. The van der Waals surface area contributed by atoms with Crippen molar-refractivity contribution in [3.05, 3.63) is 65.9 Å². The van der Waals surface area contributed by atoms with Crippen molar-refractivity contribution in [2.75, 3.05) is 5.32 Å². The molecule has 0 saturated carbocycles. The molecule has 0 saturated heterocycles. The number of amides is 2. The zero-order valence-electron chi connectivity index (χ0n) is 15.9. The van der Waals surface area contributed by atoms with E-state index in [9.17, 15) is 9.59 Å². The van der Waals surface area contributed by atoms with Gasteiger partial charge >= 0.3 is 0 Å². The Labute approximate surface area is 159 Å². The zero-order chi connectivity index (χ0) is 19.4. The number of hydrogen-bond donors (Lipinski definition) is 3. The highest BCUT2D eigenvalue weighted by Crippen LogP contribution is 2.23. The summed E-state index contributed by atoms with van der Waals surface area (Å²) >= 11 is 0. The Morgan fingerprint density at radius 2 is 1.74 bits per heavy atom. The van der Waals surface area contributed by atoms with Crippen molar-refractivity contribution in [1.82, 2.24) is 10.3 Å². The van der Waals surface area contributed by atoms with Gasteiger partial charge in [0.1, 0.15) is 5.69 Å². The fourth-order valence-corrected chi connectivity index (χ4v) is 2.89. The second kappa shape index (κ2) is 7.66. The lowest BCUT2D eigenvalue weighted by atomic mass is 9.92. The lowest BCUT2D eigenvalue weighted by Crippen LogP contribution is -2.22. The maximum atomic E-state index is 12.4. The predicted octanol–water partition coefficient (Wildman–Crippen LogP) is 4.47. The van der Waals surface area contributed by atoms with Gasteiger partial charge in [0.2, 0.25) is 5.91 Å². The number of benzene rings is 2. The third-order valence-corrected chi connectivity index (χ3v) is 4.14. The smallest absolute Gasteiger partial charge is 0.267 e. The topological polar surface area (TPSA) is 74.0 Å². The molecule has 0 atom stereocenters. The number of anilines is 1. The quantitative estimate of drug-likeness (QED) is 0.625. The second-order valence-corrected chi connectivity index (χ2v) is 7.94. The van der Waals surface area contributed by atoms with Gasteiger partial charge in [-0.25, -0.2) is 0 Å². The first-order valence-corrected chi connectivity index (χ1v) is 9.05. The largest absolute Gasteiger partial charge is 0.351 e. The standard InChI is InChI=1S/C22H25N3O2/c1-22(2,3)13-20(26)24-17-9-10-18-16(11-17)12-19(25-18)21(27)23-14-15-7-5-4-6-8-15/h4-12,25H,13-14H2,1-3H3,(H,23,27)(H,24,26). The van der Waals surface area contributed by atoms with Crippen LogP contribution in [-0.2, 0) is 11.3 Å². The minimum atomic E-state index is -0.159. The summed E-state index contributed by atoms with van der Waals surface area (Å²) < 4.78 is 0. The zero-order valence-corrected chi connectivity index (χ0v) is 15.9. The van der Waals surface area contributed by atoms with E-state index in [1.165, 1.54) is 0 Å². The summed E-state index contributed by atoms with van der Waals surface area (Å²) in [5, 5.41) is 6.71. The normalized spacial score (nSPS) is 11.4. The molecule has 0 spiro atoms. The summed E-state index contributed by atoms with van der Waals surface area (Å²) in [6.07, 6.45) is 0.450. The molecule has 3 aromatic rings. The van der Waals surface area contributed by atoms with Gasteiger partial charge in [-0.1, -0.05) is 51.1 Å². The molecule has 27 heavy (non-hydrogen) atoms.